The van der Waals surface area contributed by atoms with Gasteiger partial charge in [0.1, 0.15) is 9.71 Å². The average molecular weight is 422 g/mol. The summed E-state index contributed by atoms with van der Waals surface area (Å²) in [6.07, 6.45) is 3.22. The van der Waals surface area contributed by atoms with E-state index >= 15 is 0 Å². The lowest BCUT2D eigenvalue weighted by Gasteiger charge is -2.29. The van der Waals surface area contributed by atoms with Crippen molar-refractivity contribution in [2.24, 2.45) is 0 Å². The van der Waals surface area contributed by atoms with Gasteiger partial charge in [-0.15, -0.1) is 11.3 Å². The number of carbonyl (C=O) groups is 1. The maximum atomic E-state index is 12.7. The van der Waals surface area contributed by atoms with Crippen LogP contribution in [0.1, 0.15) is 39.7 Å². The Morgan fingerprint density at radius 3 is 2.67 bits per heavy atom. The van der Waals surface area contributed by atoms with Gasteiger partial charge in [0.2, 0.25) is 0 Å². The summed E-state index contributed by atoms with van der Waals surface area (Å²) < 4.78 is 0. The van der Waals surface area contributed by atoms with Crippen LogP contribution in [0.3, 0.4) is 0 Å². The fourth-order valence-electron chi connectivity index (χ4n) is 3.98. The Morgan fingerprint density at radius 1 is 1.17 bits per heavy atom. The molecule has 1 saturated heterocycles. The van der Waals surface area contributed by atoms with Gasteiger partial charge in [-0.1, -0.05) is 12.1 Å². The Labute approximate surface area is 180 Å². The van der Waals surface area contributed by atoms with Crippen LogP contribution in [-0.2, 0) is 6.42 Å². The summed E-state index contributed by atoms with van der Waals surface area (Å²) in [6, 6.07) is 12.7. The van der Waals surface area contributed by atoms with Crippen molar-refractivity contribution < 1.29 is 4.79 Å². The van der Waals surface area contributed by atoms with Gasteiger partial charge in [0, 0.05) is 55.4 Å². The van der Waals surface area contributed by atoms with E-state index < -0.39 is 0 Å². The number of benzene rings is 1. The van der Waals surface area contributed by atoms with Gasteiger partial charge in [-0.3, -0.25) is 4.79 Å². The van der Waals surface area contributed by atoms with Crippen LogP contribution in [0.5, 0.6) is 0 Å². The second-order valence-electron chi connectivity index (χ2n) is 8.12. The molecule has 0 atom stereocenters. The highest BCUT2D eigenvalue weighted by Crippen LogP contribution is 2.41. The number of thiophene rings is 1. The predicted molar refractivity (Wildman–Crippen MR) is 124 cm³/mol. The highest BCUT2D eigenvalue weighted by atomic mass is 32.1. The molecular weight excluding hydrogens is 394 g/mol. The smallest absolute Gasteiger partial charge is 0.263 e. The zero-order valence-corrected chi connectivity index (χ0v) is 17.8. The van der Waals surface area contributed by atoms with Crippen LogP contribution in [-0.4, -0.2) is 43.6 Å². The second kappa shape index (κ2) is 8.24. The number of nitrogens with two attached hydrogens (primary N) is 1. The van der Waals surface area contributed by atoms with E-state index in [4.69, 9.17) is 10.7 Å². The number of piperazine rings is 1. The quantitative estimate of drug-likeness (QED) is 0.570. The van der Waals surface area contributed by atoms with Crippen molar-refractivity contribution in [3.05, 3.63) is 52.5 Å². The summed E-state index contributed by atoms with van der Waals surface area (Å²) in [4.78, 5) is 21.3. The number of nitrogens with zero attached hydrogens (tertiary/aromatic N) is 2. The van der Waals surface area contributed by atoms with Crippen LogP contribution >= 0.6 is 11.3 Å². The molecular formula is C23H27N5OS. The maximum Gasteiger partial charge on any atom is 0.263 e. The largest absolute Gasteiger partial charge is 0.397 e. The van der Waals surface area contributed by atoms with Gasteiger partial charge >= 0.3 is 0 Å². The molecule has 1 aliphatic carbocycles. The third kappa shape index (κ3) is 4.00. The molecule has 0 unspecified atom stereocenters. The number of nitrogens with one attached hydrogen (secondary N) is 2. The number of hydrogen-bond acceptors (Lipinski definition) is 6. The van der Waals surface area contributed by atoms with Crippen LogP contribution in [0.4, 0.5) is 11.4 Å². The van der Waals surface area contributed by atoms with Gasteiger partial charge in [0.25, 0.3) is 5.91 Å². The van der Waals surface area contributed by atoms with Crippen LogP contribution < -0.4 is 21.3 Å². The van der Waals surface area contributed by atoms with E-state index in [1.165, 1.54) is 35.4 Å². The normalized spacial score (nSPS) is 16.7. The summed E-state index contributed by atoms with van der Waals surface area (Å²) in [5.74, 6) is 0.480. The first-order valence-electron chi connectivity index (χ1n) is 10.7. The van der Waals surface area contributed by atoms with Crippen molar-refractivity contribution in [3.8, 4) is 0 Å². The number of nitrogen functional groups attached to an aromatic ring is 1. The minimum atomic E-state index is -0.110. The van der Waals surface area contributed by atoms with Crippen molar-refractivity contribution in [1.82, 2.24) is 15.6 Å². The molecule has 3 aromatic rings. The molecule has 156 valence electrons. The molecule has 0 radical (unpaired) electrons. The molecule has 0 spiro atoms. The molecule has 1 aliphatic heterocycles. The number of pyridine rings is 1. The number of fused-ring (bicyclic) bond motifs is 1. The molecule has 2 aromatic heterocycles. The SMILES string of the molecule is Nc1c(C(=O)NCCc2ccc(N3CCNCC3)cc2)sc2nc(C3CC3)ccc12. The van der Waals surface area contributed by atoms with Crippen molar-refractivity contribution in [2.45, 2.75) is 25.2 Å². The molecule has 5 rings (SSSR count). The number of anilines is 2. The van der Waals surface area contributed by atoms with E-state index in [1.54, 1.807) is 0 Å². The Balaban J connectivity index is 1.19. The molecule has 4 N–H and O–H groups in total. The predicted octanol–water partition coefficient (Wildman–Crippen LogP) is 3.14. The number of amides is 1. The lowest BCUT2D eigenvalue weighted by molar-refractivity contribution is 0.0959. The van der Waals surface area contributed by atoms with Crippen molar-refractivity contribution in [3.63, 3.8) is 0 Å². The van der Waals surface area contributed by atoms with Gasteiger partial charge < -0.3 is 21.3 Å². The highest BCUT2D eigenvalue weighted by molar-refractivity contribution is 7.21. The number of aromatic nitrogens is 1. The Morgan fingerprint density at radius 2 is 1.93 bits per heavy atom. The Hall–Kier alpha value is -2.64. The zero-order chi connectivity index (χ0) is 20.5. The molecule has 3 heterocycles. The summed E-state index contributed by atoms with van der Waals surface area (Å²) >= 11 is 1.40. The topological polar surface area (TPSA) is 83.3 Å². The van der Waals surface area contributed by atoms with Crippen molar-refractivity contribution >= 4 is 38.8 Å². The van der Waals surface area contributed by atoms with Gasteiger partial charge in [0.15, 0.2) is 0 Å². The van der Waals surface area contributed by atoms with E-state index in [9.17, 15) is 4.79 Å². The molecule has 0 bridgehead atoms. The first-order valence-corrected chi connectivity index (χ1v) is 11.5. The summed E-state index contributed by atoms with van der Waals surface area (Å²) in [5, 5.41) is 7.29. The molecule has 7 heteroatoms. The first kappa shape index (κ1) is 19.3. The number of carbonyl (C=O) groups excluding carboxylic acids is 1. The highest BCUT2D eigenvalue weighted by Gasteiger charge is 2.26. The van der Waals surface area contributed by atoms with E-state index in [-0.39, 0.29) is 5.91 Å². The van der Waals surface area contributed by atoms with Gasteiger partial charge in [-0.05, 0) is 49.1 Å². The third-order valence-electron chi connectivity index (χ3n) is 5.93. The first-order chi connectivity index (χ1) is 14.7. The lowest BCUT2D eigenvalue weighted by Crippen LogP contribution is -2.43. The average Bonchev–Trinajstić information content (AvgIpc) is 3.58. The summed E-state index contributed by atoms with van der Waals surface area (Å²) in [6.45, 7) is 4.74. The number of rotatable bonds is 6. The van der Waals surface area contributed by atoms with Crippen LogP contribution in [0, 0.1) is 0 Å². The van der Waals surface area contributed by atoms with Crippen LogP contribution in [0.15, 0.2) is 36.4 Å². The molecule has 1 saturated carbocycles. The standard InChI is InChI=1S/C23H27N5OS/c24-20-18-7-8-19(16-3-4-16)27-23(18)30-21(20)22(29)26-10-9-15-1-5-17(6-2-15)28-13-11-25-12-14-28/h1-2,5-8,16,25H,3-4,9-14,24H2,(H,26,29). The third-order valence-corrected chi connectivity index (χ3v) is 7.05. The monoisotopic (exact) mass is 421 g/mol. The molecule has 6 nitrogen and oxygen atoms in total. The van der Waals surface area contributed by atoms with Crippen LogP contribution in [0.2, 0.25) is 0 Å². The zero-order valence-electron chi connectivity index (χ0n) is 17.0. The lowest BCUT2D eigenvalue weighted by atomic mass is 10.1. The summed E-state index contributed by atoms with van der Waals surface area (Å²) in [7, 11) is 0. The molecule has 2 aliphatic rings. The second-order valence-corrected chi connectivity index (χ2v) is 9.12. The summed E-state index contributed by atoms with van der Waals surface area (Å²) in [5.41, 5.74) is 10.4. The van der Waals surface area contributed by atoms with Gasteiger partial charge in [0.05, 0.1) is 5.69 Å². The van der Waals surface area contributed by atoms with Gasteiger partial charge in [-0.2, -0.15) is 0 Å². The molecule has 1 aromatic carbocycles. The fraction of sp³-hybridized carbons (Fsp3) is 0.391. The molecule has 1 amide bonds. The van der Waals surface area contributed by atoms with Gasteiger partial charge in [-0.25, -0.2) is 4.98 Å². The van der Waals surface area contributed by atoms with E-state index in [0.717, 1.165) is 48.5 Å². The minimum Gasteiger partial charge on any atom is -0.397 e. The van der Waals surface area contributed by atoms with Crippen molar-refractivity contribution in [2.75, 3.05) is 43.4 Å². The van der Waals surface area contributed by atoms with Crippen molar-refractivity contribution in [1.29, 1.82) is 0 Å². The van der Waals surface area contributed by atoms with Crippen LogP contribution in [0.25, 0.3) is 10.2 Å². The number of hydrogen-bond donors (Lipinski definition) is 3. The van der Waals surface area contributed by atoms with E-state index in [1.807, 2.05) is 6.07 Å². The van der Waals surface area contributed by atoms with E-state index in [2.05, 4.69) is 45.9 Å². The fourth-order valence-corrected chi connectivity index (χ4v) is 5.00. The molecule has 30 heavy (non-hydrogen) atoms. The maximum absolute atomic E-state index is 12.7. The minimum absolute atomic E-state index is 0.110. The Bertz CT molecular complexity index is 1050. The Kier molecular flexibility index (Phi) is 5.31. The van der Waals surface area contributed by atoms with E-state index in [0.29, 0.717) is 23.0 Å². The molecule has 2 fully saturated rings.